The normalized spacial score (nSPS) is 17.0. The van der Waals surface area contributed by atoms with Gasteiger partial charge in [-0.05, 0) is 48.9 Å². The second kappa shape index (κ2) is 7.87. The lowest BCUT2D eigenvalue weighted by Crippen LogP contribution is -2.25. The average Bonchev–Trinajstić information content (AvgIpc) is 3.14. The van der Waals surface area contributed by atoms with E-state index in [1.807, 2.05) is 37.3 Å². The number of nitrogens with one attached hydrogen (secondary N) is 2. The third kappa shape index (κ3) is 4.18. The number of anilines is 1. The lowest BCUT2D eigenvalue weighted by molar-refractivity contribution is -0.119. The van der Waals surface area contributed by atoms with Crippen LogP contribution in [0.1, 0.15) is 20.3 Å². The van der Waals surface area contributed by atoms with Crippen LogP contribution in [0.4, 0.5) is 5.82 Å². The number of rotatable bonds is 5. The maximum Gasteiger partial charge on any atom is 0.222 e. The molecule has 1 unspecified atom stereocenters. The summed E-state index contributed by atoms with van der Waals surface area (Å²) in [7, 11) is 0. The number of carbonyl (C=O) groups is 2. The highest BCUT2D eigenvalue weighted by Gasteiger charge is 2.28. The first kappa shape index (κ1) is 18.9. The van der Waals surface area contributed by atoms with Crippen LogP contribution < -0.4 is 15.4 Å². The van der Waals surface area contributed by atoms with Crippen molar-refractivity contribution in [3.05, 3.63) is 48.8 Å². The van der Waals surface area contributed by atoms with Gasteiger partial charge in [-0.15, -0.1) is 0 Å². The molecule has 0 saturated carbocycles. The third-order valence-electron chi connectivity index (χ3n) is 5.07. The summed E-state index contributed by atoms with van der Waals surface area (Å²) >= 11 is 0. The quantitative estimate of drug-likeness (QED) is 0.698. The Bertz CT molecular complexity index is 1070. The molecule has 0 radical (unpaired) electrons. The monoisotopic (exact) mass is 390 g/mol. The van der Waals surface area contributed by atoms with E-state index in [4.69, 9.17) is 4.74 Å². The van der Waals surface area contributed by atoms with Crippen LogP contribution in [0.25, 0.3) is 22.0 Å². The molecule has 1 aliphatic heterocycles. The second-order valence-electron chi connectivity index (χ2n) is 7.25. The van der Waals surface area contributed by atoms with Crippen LogP contribution in [0.2, 0.25) is 0 Å². The molecule has 3 heterocycles. The van der Waals surface area contributed by atoms with Gasteiger partial charge in [0.2, 0.25) is 11.8 Å². The van der Waals surface area contributed by atoms with E-state index in [9.17, 15) is 9.59 Å². The zero-order valence-electron chi connectivity index (χ0n) is 16.3. The van der Waals surface area contributed by atoms with Gasteiger partial charge in [0.1, 0.15) is 17.7 Å². The van der Waals surface area contributed by atoms with Gasteiger partial charge in [0.15, 0.2) is 0 Å². The molecule has 0 bridgehead atoms. The first-order chi connectivity index (χ1) is 14.0. The summed E-state index contributed by atoms with van der Waals surface area (Å²) in [4.78, 5) is 31.5. The highest BCUT2D eigenvalue weighted by molar-refractivity contribution is 5.90. The number of carbonyl (C=O) groups excluding carboxylic acids is 2. The van der Waals surface area contributed by atoms with Gasteiger partial charge in [-0.2, -0.15) is 0 Å². The van der Waals surface area contributed by atoms with Crippen LogP contribution >= 0.6 is 0 Å². The van der Waals surface area contributed by atoms with E-state index in [-0.39, 0.29) is 23.8 Å². The Morgan fingerprint density at radius 2 is 2.10 bits per heavy atom. The summed E-state index contributed by atoms with van der Waals surface area (Å²) in [6.07, 6.45) is 3.82. The van der Waals surface area contributed by atoms with Gasteiger partial charge in [0, 0.05) is 49.2 Å². The zero-order chi connectivity index (χ0) is 20.4. The standard InChI is InChI=1S/C22H22N4O3/c1-13(17-10-22(28)25-12-17)29-20-9-16(8-19-18(20)4-3-7-23-19)15-5-6-21(24-11-15)26-14(2)27/h3-9,11,13,17H,10,12H2,1-2H3,(H,25,28)(H,24,26,27)/t13-,17?/m1/s1. The molecule has 2 aromatic heterocycles. The van der Waals surface area contributed by atoms with Crippen molar-refractivity contribution in [1.29, 1.82) is 0 Å². The largest absolute Gasteiger partial charge is 0.490 e. The van der Waals surface area contributed by atoms with Crippen LogP contribution in [0.15, 0.2) is 48.8 Å². The lowest BCUT2D eigenvalue weighted by Gasteiger charge is -2.21. The average molecular weight is 390 g/mol. The van der Waals surface area contributed by atoms with Crippen molar-refractivity contribution in [3.63, 3.8) is 0 Å². The summed E-state index contributed by atoms with van der Waals surface area (Å²) in [5.41, 5.74) is 2.63. The molecule has 0 aliphatic carbocycles. The number of nitrogens with zero attached hydrogens (tertiary/aromatic N) is 2. The highest BCUT2D eigenvalue weighted by Crippen LogP contribution is 2.33. The molecule has 1 aliphatic rings. The molecule has 3 aromatic rings. The molecule has 7 nitrogen and oxygen atoms in total. The topological polar surface area (TPSA) is 93.2 Å². The predicted octanol–water partition coefficient (Wildman–Crippen LogP) is 3.16. The molecule has 1 aromatic carbocycles. The maximum atomic E-state index is 11.5. The Labute approximate surface area is 168 Å². The number of benzene rings is 1. The predicted molar refractivity (Wildman–Crippen MR) is 110 cm³/mol. The van der Waals surface area contributed by atoms with Crippen molar-refractivity contribution in [3.8, 4) is 16.9 Å². The molecular formula is C22H22N4O3. The molecule has 4 rings (SSSR count). The minimum Gasteiger partial charge on any atom is -0.490 e. The smallest absolute Gasteiger partial charge is 0.222 e. The van der Waals surface area contributed by atoms with Crippen molar-refractivity contribution in [1.82, 2.24) is 15.3 Å². The molecule has 148 valence electrons. The van der Waals surface area contributed by atoms with E-state index in [1.54, 1.807) is 18.5 Å². The minimum atomic E-state index is -0.162. The number of pyridine rings is 2. The maximum absolute atomic E-state index is 11.5. The highest BCUT2D eigenvalue weighted by atomic mass is 16.5. The first-order valence-corrected chi connectivity index (χ1v) is 9.56. The van der Waals surface area contributed by atoms with Crippen LogP contribution in [-0.2, 0) is 9.59 Å². The van der Waals surface area contributed by atoms with E-state index in [0.29, 0.717) is 18.8 Å². The number of fused-ring (bicyclic) bond motifs is 1. The van der Waals surface area contributed by atoms with Crippen molar-refractivity contribution in [2.75, 3.05) is 11.9 Å². The molecule has 2 N–H and O–H groups in total. The molecular weight excluding hydrogens is 368 g/mol. The Morgan fingerprint density at radius 1 is 1.24 bits per heavy atom. The Hall–Kier alpha value is -3.48. The van der Waals surface area contributed by atoms with E-state index in [1.165, 1.54) is 6.92 Å². The first-order valence-electron chi connectivity index (χ1n) is 9.56. The summed E-state index contributed by atoms with van der Waals surface area (Å²) in [5, 5.41) is 6.44. The van der Waals surface area contributed by atoms with Crippen LogP contribution in [0.5, 0.6) is 5.75 Å². The van der Waals surface area contributed by atoms with E-state index >= 15 is 0 Å². The molecule has 1 saturated heterocycles. The fraction of sp³-hybridized carbons (Fsp3) is 0.273. The molecule has 1 fully saturated rings. The molecule has 0 spiro atoms. The second-order valence-corrected chi connectivity index (χ2v) is 7.25. The number of hydrogen-bond acceptors (Lipinski definition) is 5. The van der Waals surface area contributed by atoms with Gasteiger partial charge in [0.25, 0.3) is 0 Å². The summed E-state index contributed by atoms with van der Waals surface area (Å²) in [6.45, 7) is 4.07. The molecule has 2 amide bonds. The fourth-order valence-electron chi connectivity index (χ4n) is 3.49. The summed E-state index contributed by atoms with van der Waals surface area (Å²) in [5.74, 6) is 1.27. The van der Waals surface area contributed by atoms with Gasteiger partial charge in [-0.25, -0.2) is 4.98 Å². The van der Waals surface area contributed by atoms with Gasteiger partial charge in [-0.1, -0.05) is 0 Å². The number of aromatic nitrogens is 2. The van der Waals surface area contributed by atoms with Crippen LogP contribution in [-0.4, -0.2) is 34.4 Å². The number of ether oxygens (including phenoxy) is 1. The Balaban J connectivity index is 1.67. The molecule has 7 heteroatoms. The van der Waals surface area contributed by atoms with Crippen molar-refractivity contribution < 1.29 is 14.3 Å². The van der Waals surface area contributed by atoms with Crippen LogP contribution in [0, 0.1) is 5.92 Å². The van der Waals surface area contributed by atoms with Crippen molar-refractivity contribution in [2.45, 2.75) is 26.4 Å². The number of amides is 2. The molecule has 2 atom stereocenters. The van der Waals surface area contributed by atoms with Gasteiger partial charge < -0.3 is 15.4 Å². The zero-order valence-corrected chi connectivity index (χ0v) is 16.3. The molecule has 29 heavy (non-hydrogen) atoms. The van der Waals surface area contributed by atoms with Crippen LogP contribution in [0.3, 0.4) is 0 Å². The van der Waals surface area contributed by atoms with Gasteiger partial charge in [0.05, 0.1) is 5.52 Å². The Morgan fingerprint density at radius 3 is 2.79 bits per heavy atom. The number of hydrogen-bond donors (Lipinski definition) is 2. The van der Waals surface area contributed by atoms with E-state index in [0.717, 1.165) is 27.8 Å². The van der Waals surface area contributed by atoms with Crippen molar-refractivity contribution >= 4 is 28.5 Å². The third-order valence-corrected chi connectivity index (χ3v) is 5.07. The summed E-state index contributed by atoms with van der Waals surface area (Å²) in [6, 6.07) is 11.5. The SMILES string of the molecule is CC(=O)Nc1ccc(-c2cc(O[C@H](C)C3CNC(=O)C3)c3cccnc3c2)cn1. The minimum absolute atomic E-state index is 0.0658. The van der Waals surface area contributed by atoms with Gasteiger partial charge >= 0.3 is 0 Å². The lowest BCUT2D eigenvalue weighted by atomic mass is 10.0. The van der Waals surface area contributed by atoms with Gasteiger partial charge in [-0.3, -0.25) is 14.6 Å². The van der Waals surface area contributed by atoms with Crippen molar-refractivity contribution in [2.24, 2.45) is 5.92 Å². The summed E-state index contributed by atoms with van der Waals surface area (Å²) < 4.78 is 6.29. The van der Waals surface area contributed by atoms with E-state index in [2.05, 4.69) is 20.6 Å². The fourth-order valence-corrected chi connectivity index (χ4v) is 3.49. The Kier molecular flexibility index (Phi) is 5.12. The van der Waals surface area contributed by atoms with E-state index < -0.39 is 0 Å².